The quantitative estimate of drug-likeness (QED) is 0.225. The normalized spacial score (nSPS) is 14.6. The zero-order chi connectivity index (χ0) is 21.1. The van der Waals surface area contributed by atoms with Crippen molar-refractivity contribution in [2.24, 2.45) is 4.99 Å². The molecule has 0 bridgehead atoms. The Labute approximate surface area is 193 Å². The maximum atomic E-state index is 12.4. The second kappa shape index (κ2) is 9.02. The van der Waals surface area contributed by atoms with Crippen molar-refractivity contribution in [3.05, 3.63) is 103 Å². The van der Waals surface area contributed by atoms with Crippen LogP contribution in [0.5, 0.6) is 5.75 Å². The van der Waals surface area contributed by atoms with Gasteiger partial charge in [-0.3, -0.25) is 0 Å². The monoisotopic (exact) mass is 529 g/mol. The molecule has 3 aromatic carbocycles. The van der Waals surface area contributed by atoms with Crippen LogP contribution in [0.1, 0.15) is 22.3 Å². The van der Waals surface area contributed by atoms with Gasteiger partial charge in [0.1, 0.15) is 12.4 Å². The van der Waals surface area contributed by atoms with Crippen molar-refractivity contribution in [3.63, 3.8) is 0 Å². The molecule has 0 atom stereocenters. The number of esters is 1. The van der Waals surface area contributed by atoms with Crippen LogP contribution in [0, 0.1) is 10.5 Å². The van der Waals surface area contributed by atoms with Crippen LogP contribution in [0.4, 0.5) is 0 Å². The molecule has 0 aromatic heterocycles. The highest BCUT2D eigenvalue weighted by Crippen LogP contribution is 2.28. The van der Waals surface area contributed by atoms with Crippen LogP contribution in [0.25, 0.3) is 6.08 Å². The first-order valence-electron chi connectivity index (χ1n) is 9.25. The summed E-state index contributed by atoms with van der Waals surface area (Å²) in [6.07, 6.45) is 1.67. The van der Waals surface area contributed by atoms with Gasteiger partial charge in [-0.15, -0.1) is 0 Å². The number of aryl methyl sites for hydroxylation is 1. The zero-order valence-electron chi connectivity index (χ0n) is 16.1. The summed E-state index contributed by atoms with van der Waals surface area (Å²) in [6.45, 7) is 2.47. The van der Waals surface area contributed by atoms with Crippen molar-refractivity contribution < 1.29 is 14.3 Å². The molecule has 1 aliphatic rings. The molecule has 6 heteroatoms. The number of cyclic esters (lactones) is 1. The molecule has 0 radical (unpaired) electrons. The summed E-state index contributed by atoms with van der Waals surface area (Å²) in [7, 11) is 0. The summed E-state index contributed by atoms with van der Waals surface area (Å²) in [5.41, 5.74) is 3.80. The first-order valence-corrected chi connectivity index (χ1v) is 10.7. The van der Waals surface area contributed by atoms with E-state index >= 15 is 0 Å². The molecule has 150 valence electrons. The van der Waals surface area contributed by atoms with Crippen LogP contribution >= 0.6 is 34.2 Å². The van der Waals surface area contributed by atoms with Gasteiger partial charge in [0.15, 0.2) is 5.70 Å². The van der Waals surface area contributed by atoms with Crippen LogP contribution < -0.4 is 4.74 Å². The van der Waals surface area contributed by atoms with Crippen LogP contribution in [0.15, 0.2) is 77.4 Å². The fourth-order valence-corrected chi connectivity index (χ4v) is 3.60. The Morgan fingerprint density at radius 2 is 1.87 bits per heavy atom. The van der Waals surface area contributed by atoms with Gasteiger partial charge < -0.3 is 9.47 Å². The number of ether oxygens (including phenoxy) is 2. The number of hydrogen-bond donors (Lipinski definition) is 0. The van der Waals surface area contributed by atoms with Crippen molar-refractivity contribution in [2.45, 2.75) is 13.5 Å². The molecule has 0 aliphatic carbocycles. The number of nitrogens with zero attached hydrogens (tertiary/aromatic N) is 1. The Bertz CT molecular complexity index is 1170. The van der Waals surface area contributed by atoms with Gasteiger partial charge in [0.05, 0.1) is 10.6 Å². The van der Waals surface area contributed by atoms with E-state index < -0.39 is 5.97 Å². The van der Waals surface area contributed by atoms with E-state index in [1.807, 2.05) is 67.6 Å². The predicted octanol–water partition coefficient (Wildman–Crippen LogP) is 6.18. The second-order valence-corrected chi connectivity index (χ2v) is 8.43. The van der Waals surface area contributed by atoms with Gasteiger partial charge in [0.25, 0.3) is 0 Å². The molecular weight excluding hydrogens is 513 g/mol. The number of halogens is 2. The Hall–Kier alpha value is -2.64. The van der Waals surface area contributed by atoms with Crippen molar-refractivity contribution in [2.75, 3.05) is 0 Å². The first kappa shape index (κ1) is 20.6. The molecule has 30 heavy (non-hydrogen) atoms. The van der Waals surface area contributed by atoms with E-state index in [0.29, 0.717) is 22.9 Å². The summed E-state index contributed by atoms with van der Waals surface area (Å²) >= 11 is 8.42. The minimum Gasteiger partial charge on any atom is -0.488 e. The van der Waals surface area contributed by atoms with Gasteiger partial charge in [-0.05, 0) is 65.4 Å². The van der Waals surface area contributed by atoms with E-state index in [4.69, 9.17) is 21.1 Å². The Morgan fingerprint density at radius 1 is 1.10 bits per heavy atom. The maximum absolute atomic E-state index is 12.4. The summed E-state index contributed by atoms with van der Waals surface area (Å²) in [6, 6.07) is 21.1. The molecule has 3 aromatic rings. The molecule has 0 spiro atoms. The number of carbonyl (C=O) groups is 1. The molecular formula is C24H17ClINO3. The summed E-state index contributed by atoms with van der Waals surface area (Å²) in [5.74, 6) is 0.343. The number of para-hydroxylation sites is 1. The Morgan fingerprint density at radius 3 is 2.67 bits per heavy atom. The fraction of sp³-hybridized carbons (Fsp3) is 0.0833. The van der Waals surface area contributed by atoms with Gasteiger partial charge in [0, 0.05) is 9.13 Å². The van der Waals surface area contributed by atoms with E-state index in [9.17, 15) is 4.79 Å². The van der Waals surface area contributed by atoms with Gasteiger partial charge >= 0.3 is 5.97 Å². The third-order valence-corrected chi connectivity index (χ3v) is 5.51. The highest BCUT2D eigenvalue weighted by atomic mass is 127. The zero-order valence-corrected chi connectivity index (χ0v) is 19.0. The lowest BCUT2D eigenvalue weighted by atomic mass is 10.1. The molecule has 0 N–H and O–H groups in total. The lowest BCUT2D eigenvalue weighted by molar-refractivity contribution is -0.129. The second-order valence-electron chi connectivity index (χ2n) is 6.77. The molecule has 0 fully saturated rings. The first-order chi connectivity index (χ1) is 14.5. The van der Waals surface area contributed by atoms with E-state index in [-0.39, 0.29) is 11.6 Å². The molecule has 0 unspecified atom stereocenters. The molecule has 1 heterocycles. The maximum Gasteiger partial charge on any atom is 0.363 e. The molecule has 1 aliphatic heterocycles. The highest BCUT2D eigenvalue weighted by molar-refractivity contribution is 14.1. The third kappa shape index (κ3) is 4.74. The van der Waals surface area contributed by atoms with Crippen molar-refractivity contribution >= 4 is 52.1 Å². The van der Waals surface area contributed by atoms with Gasteiger partial charge in [-0.25, -0.2) is 9.79 Å². The van der Waals surface area contributed by atoms with E-state index in [2.05, 4.69) is 27.6 Å². The SMILES string of the molecule is Cc1ccc(COc2ccccc2/C=C2\N=C(c3cc(I)ccc3Cl)OC2=O)cc1. The van der Waals surface area contributed by atoms with E-state index in [1.165, 1.54) is 5.56 Å². The van der Waals surface area contributed by atoms with Gasteiger partial charge in [0.2, 0.25) is 5.90 Å². The van der Waals surface area contributed by atoms with Crippen LogP contribution in [-0.2, 0) is 16.1 Å². The minimum atomic E-state index is -0.520. The van der Waals surface area contributed by atoms with Crippen LogP contribution in [0.3, 0.4) is 0 Å². The third-order valence-electron chi connectivity index (χ3n) is 4.51. The smallest absolute Gasteiger partial charge is 0.363 e. The number of carbonyl (C=O) groups excluding carboxylic acids is 1. The average molecular weight is 530 g/mol. The number of hydrogen-bond acceptors (Lipinski definition) is 4. The average Bonchev–Trinajstić information content (AvgIpc) is 3.10. The lowest BCUT2D eigenvalue weighted by Crippen LogP contribution is -2.06. The Balaban J connectivity index is 1.60. The number of aliphatic imine (C=N–C) groups is 1. The summed E-state index contributed by atoms with van der Waals surface area (Å²) in [4.78, 5) is 16.8. The predicted molar refractivity (Wildman–Crippen MR) is 127 cm³/mol. The number of rotatable bonds is 5. The minimum absolute atomic E-state index is 0.200. The molecule has 0 saturated carbocycles. The van der Waals surface area contributed by atoms with Crippen LogP contribution in [-0.4, -0.2) is 11.9 Å². The Kier molecular flexibility index (Phi) is 6.20. The van der Waals surface area contributed by atoms with Crippen molar-refractivity contribution in [1.29, 1.82) is 0 Å². The molecule has 4 rings (SSSR count). The standard InChI is InChI=1S/C24H17ClINO3/c1-15-6-8-16(9-7-15)14-29-22-5-3-2-4-17(22)12-21-24(28)30-23(27-21)19-13-18(26)10-11-20(19)25/h2-13H,14H2,1H3/b21-12-. The summed E-state index contributed by atoms with van der Waals surface area (Å²) in [5, 5.41) is 0.477. The van der Waals surface area contributed by atoms with Crippen LogP contribution in [0.2, 0.25) is 5.02 Å². The van der Waals surface area contributed by atoms with Crippen molar-refractivity contribution in [3.8, 4) is 5.75 Å². The largest absolute Gasteiger partial charge is 0.488 e. The van der Waals surface area contributed by atoms with Crippen molar-refractivity contribution in [1.82, 2.24) is 0 Å². The number of benzene rings is 3. The topological polar surface area (TPSA) is 47.9 Å². The fourth-order valence-electron chi connectivity index (χ4n) is 2.91. The molecule has 0 saturated heterocycles. The van der Waals surface area contributed by atoms with Gasteiger partial charge in [-0.1, -0.05) is 59.6 Å². The molecule has 4 nitrogen and oxygen atoms in total. The molecule has 0 amide bonds. The van der Waals surface area contributed by atoms with Gasteiger partial charge in [-0.2, -0.15) is 0 Å². The van der Waals surface area contributed by atoms with E-state index in [1.54, 1.807) is 12.1 Å². The van der Waals surface area contributed by atoms with E-state index in [0.717, 1.165) is 14.7 Å². The summed E-state index contributed by atoms with van der Waals surface area (Å²) < 4.78 is 12.3. The lowest BCUT2D eigenvalue weighted by Gasteiger charge is -2.09. The highest BCUT2D eigenvalue weighted by Gasteiger charge is 2.26.